The standard InChI is InChI=1S/C11H7FN4O3/c12-8-5-7(1-2-9(8)16(18)19)11(17)15-10-6-13-3-4-14-10/h1-6H,(H,14,15,17). The van der Waals surface area contributed by atoms with E-state index in [-0.39, 0.29) is 11.4 Å². The number of halogens is 1. The summed E-state index contributed by atoms with van der Waals surface area (Å²) in [6.45, 7) is 0. The van der Waals surface area contributed by atoms with Crippen LogP contribution in [0.4, 0.5) is 15.9 Å². The summed E-state index contributed by atoms with van der Waals surface area (Å²) in [5, 5.41) is 12.8. The molecular formula is C11H7FN4O3. The Kier molecular flexibility index (Phi) is 3.42. The van der Waals surface area contributed by atoms with Crippen LogP contribution in [0.25, 0.3) is 0 Å². The van der Waals surface area contributed by atoms with Gasteiger partial charge in [0.15, 0.2) is 5.82 Å². The van der Waals surface area contributed by atoms with E-state index < -0.39 is 22.3 Å². The van der Waals surface area contributed by atoms with Gasteiger partial charge in [0.05, 0.1) is 11.1 Å². The topological polar surface area (TPSA) is 98.0 Å². The number of nitrogens with one attached hydrogen (secondary N) is 1. The second kappa shape index (κ2) is 5.17. The molecule has 1 aromatic carbocycles. The van der Waals surface area contributed by atoms with E-state index in [1.807, 2.05) is 0 Å². The molecule has 8 heteroatoms. The van der Waals surface area contributed by atoms with Crippen LogP contribution in [0.15, 0.2) is 36.8 Å². The van der Waals surface area contributed by atoms with Crippen molar-refractivity contribution >= 4 is 17.4 Å². The summed E-state index contributed by atoms with van der Waals surface area (Å²) < 4.78 is 13.4. The summed E-state index contributed by atoms with van der Waals surface area (Å²) in [4.78, 5) is 28.9. The maximum atomic E-state index is 13.4. The van der Waals surface area contributed by atoms with Crippen LogP contribution >= 0.6 is 0 Å². The Hall–Kier alpha value is -2.90. The Morgan fingerprint density at radius 3 is 2.74 bits per heavy atom. The molecule has 2 rings (SSSR count). The van der Waals surface area contributed by atoms with Crippen molar-refractivity contribution in [2.24, 2.45) is 0 Å². The average molecular weight is 262 g/mol. The van der Waals surface area contributed by atoms with Gasteiger partial charge in [-0.25, -0.2) is 4.98 Å². The second-order valence-electron chi connectivity index (χ2n) is 3.47. The summed E-state index contributed by atoms with van der Waals surface area (Å²) in [6.07, 6.45) is 4.13. The number of hydrogen-bond acceptors (Lipinski definition) is 5. The molecule has 2 aromatic rings. The SMILES string of the molecule is O=C(Nc1cnccn1)c1ccc([N+](=O)[O-])c(F)c1. The predicted octanol–water partition coefficient (Wildman–Crippen LogP) is 1.78. The molecule has 0 spiro atoms. The van der Waals surface area contributed by atoms with Gasteiger partial charge in [-0.1, -0.05) is 0 Å². The van der Waals surface area contributed by atoms with Crippen molar-refractivity contribution < 1.29 is 14.1 Å². The maximum absolute atomic E-state index is 13.4. The van der Waals surface area contributed by atoms with E-state index in [4.69, 9.17) is 0 Å². The number of carbonyl (C=O) groups is 1. The number of nitro groups is 1. The molecule has 1 N–H and O–H groups in total. The van der Waals surface area contributed by atoms with Gasteiger partial charge in [0, 0.05) is 24.0 Å². The molecule has 1 aromatic heterocycles. The van der Waals surface area contributed by atoms with Crippen molar-refractivity contribution in [1.82, 2.24) is 9.97 Å². The first-order chi connectivity index (χ1) is 9.08. The van der Waals surface area contributed by atoms with E-state index in [2.05, 4.69) is 15.3 Å². The van der Waals surface area contributed by atoms with Gasteiger partial charge in [-0.15, -0.1) is 0 Å². The molecule has 19 heavy (non-hydrogen) atoms. The third kappa shape index (κ3) is 2.86. The summed E-state index contributed by atoms with van der Waals surface area (Å²) in [5.74, 6) is -1.50. The Bertz CT molecular complexity index is 633. The number of aromatic nitrogens is 2. The van der Waals surface area contributed by atoms with E-state index in [1.165, 1.54) is 18.6 Å². The minimum absolute atomic E-state index is 0.0475. The molecule has 96 valence electrons. The number of rotatable bonds is 3. The van der Waals surface area contributed by atoms with Crippen molar-refractivity contribution in [1.29, 1.82) is 0 Å². The highest BCUT2D eigenvalue weighted by molar-refractivity contribution is 6.03. The van der Waals surface area contributed by atoms with Gasteiger partial charge in [-0.2, -0.15) is 4.39 Å². The van der Waals surface area contributed by atoms with Gasteiger partial charge in [0.25, 0.3) is 5.91 Å². The largest absolute Gasteiger partial charge is 0.305 e. The number of amides is 1. The maximum Gasteiger partial charge on any atom is 0.304 e. The fourth-order valence-electron chi connectivity index (χ4n) is 1.35. The van der Waals surface area contributed by atoms with Crippen LogP contribution in [0.2, 0.25) is 0 Å². The molecule has 0 aliphatic rings. The minimum atomic E-state index is -1.07. The van der Waals surface area contributed by atoms with E-state index in [0.29, 0.717) is 0 Å². The van der Waals surface area contributed by atoms with Crippen molar-refractivity contribution in [2.75, 3.05) is 5.32 Å². The van der Waals surface area contributed by atoms with Gasteiger partial charge in [0.1, 0.15) is 0 Å². The number of carbonyl (C=O) groups excluding carboxylic acids is 1. The van der Waals surface area contributed by atoms with Crippen LogP contribution in [-0.2, 0) is 0 Å². The molecule has 0 fully saturated rings. The molecule has 0 aliphatic heterocycles. The van der Waals surface area contributed by atoms with Crippen LogP contribution in [0.3, 0.4) is 0 Å². The number of benzene rings is 1. The zero-order chi connectivity index (χ0) is 13.8. The second-order valence-corrected chi connectivity index (χ2v) is 3.47. The Morgan fingerprint density at radius 1 is 1.37 bits per heavy atom. The zero-order valence-electron chi connectivity index (χ0n) is 9.41. The monoisotopic (exact) mass is 262 g/mol. The number of nitro benzene ring substituents is 1. The fraction of sp³-hybridized carbons (Fsp3) is 0. The Balaban J connectivity index is 2.21. The van der Waals surface area contributed by atoms with Crippen LogP contribution in [0.5, 0.6) is 0 Å². The van der Waals surface area contributed by atoms with Crippen LogP contribution in [0, 0.1) is 15.9 Å². The molecule has 0 aliphatic carbocycles. The summed E-state index contributed by atoms with van der Waals surface area (Å²) in [7, 11) is 0. The predicted molar refractivity (Wildman–Crippen MR) is 63.0 cm³/mol. The van der Waals surface area contributed by atoms with Gasteiger partial charge >= 0.3 is 5.69 Å². The number of anilines is 1. The molecule has 0 unspecified atom stereocenters. The smallest absolute Gasteiger partial charge is 0.304 e. The third-order valence-electron chi connectivity index (χ3n) is 2.21. The quantitative estimate of drug-likeness (QED) is 0.671. The number of nitrogens with zero attached hydrogens (tertiary/aromatic N) is 3. The van der Waals surface area contributed by atoms with Crippen molar-refractivity contribution in [3.05, 3.63) is 58.3 Å². The summed E-state index contributed by atoms with van der Waals surface area (Å²) in [5.41, 5.74) is -0.732. The van der Waals surface area contributed by atoms with Gasteiger partial charge in [-0.05, 0) is 12.1 Å². The fourth-order valence-corrected chi connectivity index (χ4v) is 1.35. The molecule has 1 heterocycles. The van der Waals surface area contributed by atoms with Gasteiger partial charge in [-0.3, -0.25) is 19.9 Å². The summed E-state index contributed by atoms with van der Waals surface area (Å²) in [6, 6.07) is 2.89. The molecule has 0 radical (unpaired) electrons. The number of hydrogen-bond donors (Lipinski definition) is 1. The molecular weight excluding hydrogens is 255 g/mol. The van der Waals surface area contributed by atoms with Crippen LogP contribution < -0.4 is 5.32 Å². The molecule has 1 amide bonds. The third-order valence-corrected chi connectivity index (χ3v) is 2.21. The Morgan fingerprint density at radius 2 is 2.16 bits per heavy atom. The summed E-state index contributed by atoms with van der Waals surface area (Å²) >= 11 is 0. The first-order valence-corrected chi connectivity index (χ1v) is 5.09. The van der Waals surface area contributed by atoms with Crippen LogP contribution in [0.1, 0.15) is 10.4 Å². The molecule has 0 saturated carbocycles. The lowest BCUT2D eigenvalue weighted by molar-refractivity contribution is -0.387. The first-order valence-electron chi connectivity index (χ1n) is 5.09. The highest BCUT2D eigenvalue weighted by atomic mass is 19.1. The lowest BCUT2D eigenvalue weighted by Crippen LogP contribution is -2.13. The molecule has 0 atom stereocenters. The Labute approximate surface area is 106 Å². The zero-order valence-corrected chi connectivity index (χ0v) is 9.41. The van der Waals surface area contributed by atoms with Crippen molar-refractivity contribution in [3.8, 4) is 0 Å². The van der Waals surface area contributed by atoms with E-state index >= 15 is 0 Å². The normalized spacial score (nSPS) is 9.95. The van der Waals surface area contributed by atoms with Crippen molar-refractivity contribution in [3.63, 3.8) is 0 Å². The average Bonchev–Trinajstić information content (AvgIpc) is 2.39. The molecule has 0 saturated heterocycles. The highest BCUT2D eigenvalue weighted by Gasteiger charge is 2.16. The van der Waals surface area contributed by atoms with Gasteiger partial charge in [0.2, 0.25) is 5.82 Å². The van der Waals surface area contributed by atoms with E-state index in [1.54, 1.807) is 0 Å². The first kappa shape index (κ1) is 12.6. The van der Waals surface area contributed by atoms with Crippen molar-refractivity contribution in [2.45, 2.75) is 0 Å². The van der Waals surface area contributed by atoms with E-state index in [0.717, 1.165) is 18.2 Å². The highest BCUT2D eigenvalue weighted by Crippen LogP contribution is 2.18. The van der Waals surface area contributed by atoms with E-state index in [9.17, 15) is 19.3 Å². The lowest BCUT2D eigenvalue weighted by atomic mass is 10.2. The minimum Gasteiger partial charge on any atom is -0.305 e. The molecule has 7 nitrogen and oxygen atoms in total. The molecule has 0 bridgehead atoms. The van der Waals surface area contributed by atoms with Gasteiger partial charge < -0.3 is 5.32 Å². The van der Waals surface area contributed by atoms with Crippen LogP contribution in [-0.4, -0.2) is 20.8 Å². The lowest BCUT2D eigenvalue weighted by Gasteiger charge is -2.03.